The fourth-order valence-electron chi connectivity index (χ4n) is 1.84. The van der Waals surface area contributed by atoms with Crippen molar-refractivity contribution in [2.24, 2.45) is 5.92 Å². The van der Waals surface area contributed by atoms with Gasteiger partial charge in [0, 0.05) is 12.5 Å². The number of carbonyl (C=O) groups excluding carboxylic acids is 1. The lowest BCUT2D eigenvalue weighted by atomic mass is 9.96. The maximum atomic E-state index is 13.9. The van der Waals surface area contributed by atoms with Crippen LogP contribution in [0.4, 0.5) is 9.18 Å². The van der Waals surface area contributed by atoms with E-state index in [1.54, 1.807) is 20.8 Å². The molecule has 0 aromatic heterocycles. The summed E-state index contributed by atoms with van der Waals surface area (Å²) < 4.78 is 45.5. The van der Waals surface area contributed by atoms with Crippen LogP contribution >= 0.6 is 0 Å². The van der Waals surface area contributed by atoms with Gasteiger partial charge in [-0.25, -0.2) is 9.18 Å². The molecule has 6 nitrogen and oxygen atoms in total. The number of rotatable bonds is 3. The van der Waals surface area contributed by atoms with Crippen molar-refractivity contribution in [3.63, 3.8) is 0 Å². The summed E-state index contributed by atoms with van der Waals surface area (Å²) in [6.07, 6.45) is -0.605. The summed E-state index contributed by atoms with van der Waals surface area (Å²) in [5.41, 5.74) is -0.626. The Kier molecular flexibility index (Phi) is 5.37. The molecule has 0 radical (unpaired) electrons. The highest BCUT2D eigenvalue weighted by Gasteiger charge is 2.34. The summed E-state index contributed by atoms with van der Waals surface area (Å²) in [6, 6.07) is 0. The molecule has 118 valence electrons. The van der Waals surface area contributed by atoms with Crippen LogP contribution in [0.25, 0.3) is 0 Å². The first-order valence-corrected chi connectivity index (χ1v) is 8.26. The number of carbonyl (C=O) groups is 1. The van der Waals surface area contributed by atoms with Crippen molar-refractivity contribution < 1.29 is 26.5 Å². The minimum atomic E-state index is -3.57. The second kappa shape index (κ2) is 6.26. The van der Waals surface area contributed by atoms with Gasteiger partial charge in [-0.3, -0.25) is 4.18 Å². The van der Waals surface area contributed by atoms with E-state index in [0.29, 0.717) is 13.0 Å². The largest absolute Gasteiger partial charge is 0.444 e. The van der Waals surface area contributed by atoms with Gasteiger partial charge in [0.15, 0.2) is 0 Å². The average Bonchev–Trinajstić information content (AvgIpc) is 2.23. The molecule has 0 N–H and O–H groups in total. The highest BCUT2D eigenvalue weighted by Crippen LogP contribution is 2.23. The standard InChI is InChI=1S/C12H22FNO5S/c1-12(2,3)19-11(15)14-6-5-9(10(13)7-14)8-18-20(4,16)17/h9-10H,5-8H2,1-4H3/t9-,10+/m1/s1. The molecule has 0 unspecified atom stereocenters. The van der Waals surface area contributed by atoms with Crippen LogP contribution in [0.15, 0.2) is 0 Å². The number of hydrogen-bond donors (Lipinski definition) is 0. The van der Waals surface area contributed by atoms with Gasteiger partial charge in [0.25, 0.3) is 10.1 Å². The molecule has 1 amide bonds. The number of amides is 1. The molecule has 0 aromatic carbocycles. The Morgan fingerprint density at radius 2 is 2.00 bits per heavy atom. The molecule has 1 rings (SSSR count). The third-order valence-electron chi connectivity index (χ3n) is 2.82. The summed E-state index contributed by atoms with van der Waals surface area (Å²) in [6.45, 7) is 5.25. The van der Waals surface area contributed by atoms with E-state index in [0.717, 1.165) is 6.26 Å². The summed E-state index contributed by atoms with van der Waals surface area (Å²) in [5, 5.41) is 0. The number of alkyl halides is 1. The predicted molar refractivity (Wildman–Crippen MR) is 71.6 cm³/mol. The third kappa shape index (κ3) is 6.04. The van der Waals surface area contributed by atoms with Gasteiger partial charge in [0.1, 0.15) is 11.8 Å². The van der Waals surface area contributed by atoms with Gasteiger partial charge in [-0.05, 0) is 27.2 Å². The van der Waals surface area contributed by atoms with Gasteiger partial charge in [-0.15, -0.1) is 0 Å². The van der Waals surface area contributed by atoms with E-state index in [4.69, 9.17) is 4.74 Å². The molecule has 8 heteroatoms. The van der Waals surface area contributed by atoms with E-state index in [-0.39, 0.29) is 13.2 Å². The Morgan fingerprint density at radius 1 is 1.40 bits per heavy atom. The van der Waals surface area contributed by atoms with Gasteiger partial charge in [0.2, 0.25) is 0 Å². The Labute approximate surface area is 119 Å². The van der Waals surface area contributed by atoms with Crippen molar-refractivity contribution in [3.8, 4) is 0 Å². The van der Waals surface area contributed by atoms with E-state index in [1.807, 2.05) is 0 Å². The molecule has 2 atom stereocenters. The predicted octanol–water partition coefficient (Wildman–Crippen LogP) is 1.56. The van der Waals surface area contributed by atoms with Crippen LogP contribution in [0.2, 0.25) is 0 Å². The summed E-state index contributed by atoms with van der Waals surface area (Å²) in [5.74, 6) is -0.525. The molecule has 20 heavy (non-hydrogen) atoms. The van der Waals surface area contributed by atoms with Crippen LogP contribution < -0.4 is 0 Å². The second-order valence-corrected chi connectivity index (χ2v) is 7.62. The quantitative estimate of drug-likeness (QED) is 0.740. The third-order valence-corrected chi connectivity index (χ3v) is 3.39. The first-order chi connectivity index (χ1) is 8.98. The first-order valence-electron chi connectivity index (χ1n) is 6.44. The van der Waals surface area contributed by atoms with Crippen molar-refractivity contribution in [1.82, 2.24) is 4.90 Å². The Bertz CT molecular complexity index is 445. The molecule has 1 fully saturated rings. The smallest absolute Gasteiger partial charge is 0.410 e. The second-order valence-electron chi connectivity index (χ2n) is 5.98. The van der Waals surface area contributed by atoms with E-state index in [9.17, 15) is 17.6 Å². The lowest BCUT2D eigenvalue weighted by Gasteiger charge is -2.35. The lowest BCUT2D eigenvalue weighted by molar-refractivity contribution is 0.000697. The molecule has 1 heterocycles. The van der Waals surface area contributed by atoms with Crippen molar-refractivity contribution in [3.05, 3.63) is 0 Å². The Hall–Kier alpha value is -0.890. The van der Waals surface area contributed by atoms with Crippen molar-refractivity contribution >= 4 is 16.2 Å². The van der Waals surface area contributed by atoms with Crippen molar-refractivity contribution in [2.45, 2.75) is 39.0 Å². The van der Waals surface area contributed by atoms with Gasteiger partial charge in [-0.1, -0.05) is 0 Å². The zero-order valence-electron chi connectivity index (χ0n) is 12.3. The van der Waals surface area contributed by atoms with Gasteiger partial charge < -0.3 is 9.64 Å². The van der Waals surface area contributed by atoms with Crippen LogP contribution in [-0.4, -0.2) is 57.1 Å². The zero-order chi connectivity index (χ0) is 15.6. The molecule has 1 aliphatic heterocycles. The molecule has 1 aliphatic rings. The highest BCUT2D eigenvalue weighted by atomic mass is 32.2. The molecule has 0 aromatic rings. The monoisotopic (exact) mass is 311 g/mol. The molecule has 0 aliphatic carbocycles. The van der Waals surface area contributed by atoms with Crippen LogP contribution in [-0.2, 0) is 19.0 Å². The highest BCUT2D eigenvalue weighted by molar-refractivity contribution is 7.85. The fourth-order valence-corrected chi connectivity index (χ4v) is 2.27. The van der Waals surface area contributed by atoms with Crippen LogP contribution in [0.3, 0.4) is 0 Å². The molecule has 0 spiro atoms. The fraction of sp³-hybridized carbons (Fsp3) is 0.917. The van der Waals surface area contributed by atoms with Crippen molar-refractivity contribution in [2.75, 3.05) is 26.0 Å². The van der Waals surface area contributed by atoms with Gasteiger partial charge >= 0.3 is 6.09 Å². The molecule has 0 bridgehead atoms. The molecule has 0 saturated carbocycles. The number of hydrogen-bond acceptors (Lipinski definition) is 5. The SMILES string of the molecule is CC(C)(C)OC(=O)N1CC[C@H](COS(C)(=O)=O)[C@@H](F)C1. The summed E-state index contributed by atoms with van der Waals surface area (Å²) in [4.78, 5) is 13.1. The van der Waals surface area contributed by atoms with Crippen LogP contribution in [0.1, 0.15) is 27.2 Å². The van der Waals surface area contributed by atoms with Crippen molar-refractivity contribution in [1.29, 1.82) is 0 Å². The molecule has 1 saturated heterocycles. The summed E-state index contributed by atoms with van der Waals surface area (Å²) >= 11 is 0. The number of likely N-dealkylation sites (tertiary alicyclic amines) is 1. The minimum absolute atomic E-state index is 0.104. The zero-order valence-corrected chi connectivity index (χ0v) is 13.1. The van der Waals surface area contributed by atoms with E-state index in [2.05, 4.69) is 4.18 Å². The number of halogens is 1. The summed E-state index contributed by atoms with van der Waals surface area (Å²) in [7, 11) is -3.57. The maximum Gasteiger partial charge on any atom is 0.410 e. The minimum Gasteiger partial charge on any atom is -0.444 e. The van der Waals surface area contributed by atoms with Gasteiger partial charge in [0.05, 0.1) is 19.4 Å². The number of nitrogens with zero attached hydrogens (tertiary/aromatic N) is 1. The Balaban J connectivity index is 2.49. The van der Waals surface area contributed by atoms with E-state index < -0.39 is 33.9 Å². The van der Waals surface area contributed by atoms with Crippen LogP contribution in [0, 0.1) is 5.92 Å². The van der Waals surface area contributed by atoms with E-state index in [1.165, 1.54) is 4.90 Å². The number of piperidine rings is 1. The average molecular weight is 311 g/mol. The topological polar surface area (TPSA) is 72.9 Å². The Morgan fingerprint density at radius 3 is 2.45 bits per heavy atom. The maximum absolute atomic E-state index is 13.9. The first kappa shape index (κ1) is 17.2. The molecular formula is C12H22FNO5S. The van der Waals surface area contributed by atoms with E-state index >= 15 is 0 Å². The normalized spacial score (nSPS) is 24.6. The van der Waals surface area contributed by atoms with Gasteiger partial charge in [-0.2, -0.15) is 8.42 Å². The molecular weight excluding hydrogens is 289 g/mol. The number of ether oxygens (including phenoxy) is 1. The van der Waals surface area contributed by atoms with Crippen LogP contribution in [0.5, 0.6) is 0 Å². The lowest BCUT2D eigenvalue weighted by Crippen LogP contribution is -2.47.